The van der Waals surface area contributed by atoms with Gasteiger partial charge in [-0.15, -0.1) is 0 Å². The van der Waals surface area contributed by atoms with Crippen LogP contribution < -0.4 is 4.74 Å². The van der Waals surface area contributed by atoms with Gasteiger partial charge in [-0.05, 0) is 37.1 Å². The Morgan fingerprint density at radius 1 is 1.25 bits per heavy atom. The molecule has 3 heteroatoms. The molecule has 0 amide bonds. The van der Waals surface area contributed by atoms with Gasteiger partial charge in [-0.3, -0.25) is 4.79 Å². The molecule has 0 bridgehead atoms. The maximum atomic E-state index is 11.2. The zero-order valence-electron chi connectivity index (χ0n) is 9.54. The van der Waals surface area contributed by atoms with Crippen molar-refractivity contribution < 1.29 is 9.53 Å². The van der Waals surface area contributed by atoms with Crippen LogP contribution in [0.5, 0.6) is 5.75 Å². The highest BCUT2D eigenvalue weighted by Gasteiger charge is 2.00. The fraction of sp³-hybridized carbons (Fsp3) is 0.462. The summed E-state index contributed by atoms with van der Waals surface area (Å²) < 4.78 is 6.56. The Kier molecular flexibility index (Phi) is 6.16. The van der Waals surface area contributed by atoms with E-state index in [0.29, 0.717) is 25.2 Å². The van der Waals surface area contributed by atoms with Crippen molar-refractivity contribution in [2.75, 3.05) is 6.61 Å². The highest BCUT2D eigenvalue weighted by molar-refractivity contribution is 9.10. The van der Waals surface area contributed by atoms with Crippen LogP contribution >= 0.6 is 15.9 Å². The smallest absolute Gasteiger partial charge is 0.133 e. The second-order valence-corrected chi connectivity index (χ2v) is 4.61. The molecule has 2 nitrogen and oxygen atoms in total. The first-order valence-electron chi connectivity index (χ1n) is 5.62. The van der Waals surface area contributed by atoms with Gasteiger partial charge in [0, 0.05) is 17.3 Å². The second-order valence-electron chi connectivity index (χ2n) is 3.69. The van der Waals surface area contributed by atoms with Gasteiger partial charge in [0.2, 0.25) is 0 Å². The Bertz CT molecular complexity index is 319. The molecule has 0 fully saturated rings. The number of halogens is 1. The number of hydrogen-bond acceptors (Lipinski definition) is 2. The molecule has 0 aliphatic carbocycles. The van der Waals surface area contributed by atoms with Crippen LogP contribution in [-0.4, -0.2) is 12.4 Å². The van der Waals surface area contributed by atoms with E-state index in [1.54, 1.807) is 0 Å². The van der Waals surface area contributed by atoms with Gasteiger partial charge in [0.15, 0.2) is 0 Å². The van der Waals surface area contributed by atoms with Crippen LogP contribution in [0.1, 0.15) is 32.6 Å². The van der Waals surface area contributed by atoms with E-state index >= 15 is 0 Å². The lowest BCUT2D eigenvalue weighted by molar-refractivity contribution is -0.119. The van der Waals surface area contributed by atoms with Gasteiger partial charge < -0.3 is 4.74 Å². The first-order valence-corrected chi connectivity index (χ1v) is 6.41. The van der Waals surface area contributed by atoms with Crippen LogP contribution in [0.2, 0.25) is 0 Å². The van der Waals surface area contributed by atoms with Crippen LogP contribution in [0.3, 0.4) is 0 Å². The predicted molar refractivity (Wildman–Crippen MR) is 68.8 cm³/mol. The minimum Gasteiger partial charge on any atom is -0.494 e. The standard InChI is InChI=1S/C13H17BrO2/c1-2-4-12(15)5-3-10-16-13-8-6-11(14)7-9-13/h6-9H,2-5,10H2,1H3. The van der Waals surface area contributed by atoms with Gasteiger partial charge in [0.1, 0.15) is 11.5 Å². The summed E-state index contributed by atoms with van der Waals surface area (Å²) in [5.41, 5.74) is 0. The Labute approximate surface area is 105 Å². The van der Waals surface area contributed by atoms with Gasteiger partial charge >= 0.3 is 0 Å². The van der Waals surface area contributed by atoms with E-state index in [-0.39, 0.29) is 0 Å². The summed E-state index contributed by atoms with van der Waals surface area (Å²) in [7, 11) is 0. The molecule has 0 aliphatic heterocycles. The van der Waals surface area contributed by atoms with Crippen LogP contribution in [-0.2, 0) is 4.79 Å². The van der Waals surface area contributed by atoms with Gasteiger partial charge in [0.25, 0.3) is 0 Å². The second kappa shape index (κ2) is 7.44. The molecule has 1 rings (SSSR count). The normalized spacial score (nSPS) is 10.1. The Hall–Kier alpha value is -0.830. The van der Waals surface area contributed by atoms with Crippen molar-refractivity contribution in [2.24, 2.45) is 0 Å². The summed E-state index contributed by atoms with van der Waals surface area (Å²) in [5, 5.41) is 0. The van der Waals surface area contributed by atoms with E-state index < -0.39 is 0 Å². The largest absolute Gasteiger partial charge is 0.494 e. The van der Waals surface area contributed by atoms with Crippen molar-refractivity contribution in [1.29, 1.82) is 0 Å². The molecule has 0 saturated carbocycles. The van der Waals surface area contributed by atoms with Crippen molar-refractivity contribution >= 4 is 21.7 Å². The van der Waals surface area contributed by atoms with Gasteiger partial charge in [-0.25, -0.2) is 0 Å². The lowest BCUT2D eigenvalue weighted by Crippen LogP contribution is -2.02. The fourth-order valence-electron chi connectivity index (χ4n) is 1.39. The SMILES string of the molecule is CCCC(=O)CCCOc1ccc(Br)cc1. The summed E-state index contributed by atoms with van der Waals surface area (Å²) in [5.74, 6) is 1.19. The van der Waals surface area contributed by atoms with Gasteiger partial charge in [0.05, 0.1) is 6.61 Å². The molecule has 0 heterocycles. The Morgan fingerprint density at radius 3 is 2.56 bits per heavy atom. The first-order chi connectivity index (χ1) is 7.72. The topological polar surface area (TPSA) is 26.3 Å². The van der Waals surface area contributed by atoms with Crippen molar-refractivity contribution in [3.63, 3.8) is 0 Å². The van der Waals surface area contributed by atoms with E-state index in [1.807, 2.05) is 31.2 Å². The molecule has 1 aromatic rings. The first kappa shape index (κ1) is 13.2. The summed E-state index contributed by atoms with van der Waals surface area (Å²) in [4.78, 5) is 11.2. The summed E-state index contributed by atoms with van der Waals surface area (Å²) in [6.45, 7) is 2.63. The third-order valence-corrected chi connectivity index (χ3v) is 2.74. The molecule has 0 unspecified atom stereocenters. The van der Waals surface area contributed by atoms with Crippen molar-refractivity contribution in [3.8, 4) is 5.75 Å². The van der Waals surface area contributed by atoms with Crippen molar-refractivity contribution in [1.82, 2.24) is 0 Å². The maximum Gasteiger partial charge on any atom is 0.133 e. The third-order valence-electron chi connectivity index (χ3n) is 2.21. The number of rotatable bonds is 7. The molecule has 0 spiro atoms. The van der Waals surface area contributed by atoms with E-state index in [4.69, 9.17) is 4.74 Å². The van der Waals surface area contributed by atoms with Gasteiger partial charge in [-0.1, -0.05) is 22.9 Å². The molecule has 0 saturated heterocycles. The highest BCUT2D eigenvalue weighted by Crippen LogP contribution is 2.16. The van der Waals surface area contributed by atoms with Crippen LogP contribution in [0.15, 0.2) is 28.7 Å². The lowest BCUT2D eigenvalue weighted by atomic mass is 10.1. The summed E-state index contributed by atoms with van der Waals surface area (Å²) in [6.07, 6.45) is 3.06. The number of ketones is 1. The third kappa shape index (κ3) is 5.31. The number of carbonyl (C=O) groups excluding carboxylic acids is 1. The molecule has 88 valence electrons. The molecule has 0 radical (unpaired) electrons. The monoisotopic (exact) mass is 284 g/mol. The molecule has 0 aromatic heterocycles. The number of carbonyl (C=O) groups is 1. The number of Topliss-reactive ketones (excluding diaryl/α,β-unsaturated/α-hetero) is 1. The average molecular weight is 285 g/mol. The van der Waals surface area contributed by atoms with E-state index in [1.165, 1.54) is 0 Å². The zero-order chi connectivity index (χ0) is 11.8. The van der Waals surface area contributed by atoms with Crippen molar-refractivity contribution in [2.45, 2.75) is 32.6 Å². The molecule has 16 heavy (non-hydrogen) atoms. The summed E-state index contributed by atoms with van der Waals surface area (Å²) in [6, 6.07) is 7.71. The molecular formula is C13H17BrO2. The van der Waals surface area contributed by atoms with Crippen molar-refractivity contribution in [3.05, 3.63) is 28.7 Å². The summed E-state index contributed by atoms with van der Waals surface area (Å²) >= 11 is 3.36. The maximum absolute atomic E-state index is 11.2. The Balaban J connectivity index is 2.16. The number of hydrogen-bond donors (Lipinski definition) is 0. The lowest BCUT2D eigenvalue weighted by Gasteiger charge is -2.05. The molecule has 0 atom stereocenters. The number of benzene rings is 1. The average Bonchev–Trinajstić information content (AvgIpc) is 2.27. The molecule has 1 aromatic carbocycles. The van der Waals surface area contributed by atoms with E-state index in [2.05, 4.69) is 15.9 Å². The minimum atomic E-state index is 0.335. The zero-order valence-corrected chi connectivity index (χ0v) is 11.1. The fourth-order valence-corrected chi connectivity index (χ4v) is 1.66. The van der Waals surface area contributed by atoms with Gasteiger partial charge in [-0.2, -0.15) is 0 Å². The van der Waals surface area contributed by atoms with Crippen LogP contribution in [0.4, 0.5) is 0 Å². The highest BCUT2D eigenvalue weighted by atomic mass is 79.9. The molecular weight excluding hydrogens is 268 g/mol. The molecule has 0 aliphatic rings. The Morgan fingerprint density at radius 2 is 1.94 bits per heavy atom. The molecule has 0 N–H and O–H groups in total. The quantitative estimate of drug-likeness (QED) is 0.708. The van der Waals surface area contributed by atoms with Crippen LogP contribution in [0, 0.1) is 0 Å². The minimum absolute atomic E-state index is 0.335. The predicted octanol–water partition coefficient (Wildman–Crippen LogP) is 3.98. The number of ether oxygens (including phenoxy) is 1. The van der Waals surface area contributed by atoms with Crippen LogP contribution in [0.25, 0.3) is 0 Å². The van der Waals surface area contributed by atoms with E-state index in [9.17, 15) is 4.79 Å². The van der Waals surface area contributed by atoms with E-state index in [0.717, 1.165) is 23.1 Å².